The van der Waals surface area contributed by atoms with Gasteiger partial charge in [-0.3, -0.25) is 14.3 Å². The topological polar surface area (TPSA) is 60.7 Å². The highest BCUT2D eigenvalue weighted by molar-refractivity contribution is 7.98. The van der Waals surface area contributed by atoms with Gasteiger partial charge >= 0.3 is 0 Å². The monoisotopic (exact) mass is 478 g/mol. The van der Waals surface area contributed by atoms with Crippen LogP contribution in [-0.2, 0) is 6.54 Å². The molecule has 3 aromatic heterocycles. The summed E-state index contributed by atoms with van der Waals surface area (Å²) in [5, 5.41) is 1.47. The number of thioether (sulfide) groups is 1. The fourth-order valence-corrected chi connectivity index (χ4v) is 10.6. The van der Waals surface area contributed by atoms with Gasteiger partial charge in [0.25, 0.3) is 5.56 Å². The van der Waals surface area contributed by atoms with Crippen molar-refractivity contribution in [2.45, 2.75) is 76.8 Å². The van der Waals surface area contributed by atoms with E-state index in [9.17, 15) is 4.79 Å². The van der Waals surface area contributed by atoms with Crippen molar-refractivity contribution in [3.63, 3.8) is 0 Å². The predicted octanol–water partition coefficient (Wildman–Crippen LogP) is 5.83. The first-order chi connectivity index (χ1) is 15.6. The van der Waals surface area contributed by atoms with Gasteiger partial charge in [-0.05, 0) is 41.4 Å². The second-order valence-corrected chi connectivity index (χ2v) is 15.8. The number of rotatable bonds is 6. The van der Waals surface area contributed by atoms with Crippen molar-refractivity contribution < 1.29 is 0 Å². The van der Waals surface area contributed by atoms with Gasteiger partial charge in [-0.2, -0.15) is 0 Å². The third-order valence-corrected chi connectivity index (χ3v) is 13.6. The summed E-state index contributed by atoms with van der Waals surface area (Å²) in [4.78, 5) is 27.0. The van der Waals surface area contributed by atoms with Crippen molar-refractivity contribution in [1.82, 2.24) is 19.5 Å². The van der Waals surface area contributed by atoms with Crippen LogP contribution in [0.4, 0.5) is 0 Å². The van der Waals surface area contributed by atoms with Crippen LogP contribution in [-0.4, -0.2) is 33.8 Å². The van der Waals surface area contributed by atoms with Crippen LogP contribution in [0.1, 0.15) is 58.2 Å². The maximum atomic E-state index is 13.6. The largest absolute Gasteiger partial charge is 0.288 e. The van der Waals surface area contributed by atoms with Crippen LogP contribution in [0.3, 0.4) is 0 Å². The molecule has 174 valence electrons. The minimum Gasteiger partial charge on any atom is -0.288 e. The summed E-state index contributed by atoms with van der Waals surface area (Å²) >= 11 is 1.46. The molecule has 0 bridgehead atoms. The van der Waals surface area contributed by atoms with Gasteiger partial charge in [-0.1, -0.05) is 65.3 Å². The molecule has 3 rings (SSSR count). The van der Waals surface area contributed by atoms with Crippen molar-refractivity contribution in [2.24, 2.45) is 0 Å². The first-order valence-electron chi connectivity index (χ1n) is 11.5. The highest BCUT2D eigenvalue weighted by atomic mass is 32.2. The van der Waals surface area contributed by atoms with Crippen LogP contribution in [0.2, 0.25) is 16.6 Å². The smallest absolute Gasteiger partial charge is 0.256 e. The molecule has 0 atom stereocenters. The Bertz CT molecular complexity index is 1230. The van der Waals surface area contributed by atoms with Crippen molar-refractivity contribution in [2.75, 3.05) is 6.26 Å². The second-order valence-electron chi connectivity index (χ2n) is 9.49. The fourth-order valence-electron chi connectivity index (χ4n) is 5.03. The molecule has 0 saturated heterocycles. The molecule has 33 heavy (non-hydrogen) atoms. The summed E-state index contributed by atoms with van der Waals surface area (Å²) in [7, 11) is -1.95. The Morgan fingerprint density at radius 1 is 1.09 bits per heavy atom. The Kier molecular flexibility index (Phi) is 7.81. The molecule has 3 heterocycles. The first kappa shape index (κ1) is 25.2. The summed E-state index contributed by atoms with van der Waals surface area (Å²) in [6.07, 6.45) is 7.28. The first-order valence-corrected chi connectivity index (χ1v) is 14.9. The molecule has 5 nitrogen and oxygen atoms in total. The van der Waals surface area contributed by atoms with E-state index < -0.39 is 8.07 Å². The molecule has 0 aliphatic rings. The maximum Gasteiger partial charge on any atom is 0.256 e. The van der Waals surface area contributed by atoms with Gasteiger partial charge in [0.05, 0.1) is 11.9 Å². The quantitative estimate of drug-likeness (QED) is 0.193. The minimum atomic E-state index is -1.95. The highest BCUT2D eigenvalue weighted by Crippen LogP contribution is 2.41. The lowest BCUT2D eigenvalue weighted by molar-refractivity contribution is 0.761. The fraction of sp³-hybridized carbons (Fsp3) is 0.462. The molecule has 0 spiro atoms. The van der Waals surface area contributed by atoms with E-state index in [1.807, 2.05) is 31.5 Å². The van der Waals surface area contributed by atoms with E-state index in [-0.39, 0.29) is 5.56 Å². The van der Waals surface area contributed by atoms with Gasteiger partial charge < -0.3 is 0 Å². The minimum absolute atomic E-state index is 0.0627. The van der Waals surface area contributed by atoms with Crippen molar-refractivity contribution in [3.8, 4) is 11.5 Å². The predicted molar refractivity (Wildman–Crippen MR) is 142 cm³/mol. The molecule has 0 unspecified atom stereocenters. The normalized spacial score (nSPS) is 12.0. The van der Waals surface area contributed by atoms with Gasteiger partial charge in [-0.25, -0.2) is 9.97 Å². The third-order valence-electron chi connectivity index (χ3n) is 6.73. The van der Waals surface area contributed by atoms with Crippen LogP contribution < -0.4 is 5.56 Å². The van der Waals surface area contributed by atoms with Gasteiger partial charge in [0.1, 0.15) is 13.7 Å². The van der Waals surface area contributed by atoms with E-state index in [0.717, 1.165) is 16.5 Å². The maximum absolute atomic E-state index is 13.6. The molecule has 0 N–H and O–H groups in total. The molecule has 0 fully saturated rings. The van der Waals surface area contributed by atoms with Crippen LogP contribution in [0.25, 0.3) is 11.0 Å². The molecule has 0 aromatic carbocycles. The lowest BCUT2D eigenvalue weighted by atomic mass is 10.1. The Morgan fingerprint density at radius 3 is 2.30 bits per heavy atom. The second kappa shape index (κ2) is 10.2. The van der Waals surface area contributed by atoms with Gasteiger partial charge in [0.2, 0.25) is 0 Å². The molecule has 0 aliphatic carbocycles. The standard InChI is InChI=1S/C26H34N4OSSi/c1-17(2)33(18(3)4,19(5)6)13-11-22-20(7)25(31)30(16-21-10-9-12-27-14-21)24-23(22)15-28-26(29-24)32-8/h9-10,12,14-15,17-19H,16H2,1-8H3. The zero-order valence-corrected chi connectivity index (χ0v) is 22.7. The van der Waals surface area contributed by atoms with E-state index in [1.54, 1.807) is 17.0 Å². The Morgan fingerprint density at radius 2 is 1.76 bits per heavy atom. The molecule has 0 radical (unpaired) electrons. The van der Waals surface area contributed by atoms with E-state index in [1.165, 1.54) is 11.8 Å². The third kappa shape index (κ3) is 4.78. The number of hydrogen-bond acceptors (Lipinski definition) is 5. The van der Waals surface area contributed by atoms with Crippen LogP contribution >= 0.6 is 11.8 Å². The molecule has 0 amide bonds. The number of aromatic nitrogens is 4. The van der Waals surface area contributed by atoms with Gasteiger partial charge in [0, 0.05) is 29.7 Å². The average molecular weight is 479 g/mol. The zero-order valence-electron chi connectivity index (χ0n) is 20.9. The molecule has 0 saturated carbocycles. The lowest BCUT2D eigenvalue weighted by Crippen LogP contribution is -2.43. The highest BCUT2D eigenvalue weighted by Gasteiger charge is 2.41. The number of hydrogen-bond donors (Lipinski definition) is 0. The van der Waals surface area contributed by atoms with E-state index in [2.05, 4.69) is 63.0 Å². The van der Waals surface area contributed by atoms with Crippen molar-refractivity contribution in [3.05, 3.63) is 57.8 Å². The molecular formula is C26H34N4OSSi. The Balaban J connectivity index is 2.32. The van der Waals surface area contributed by atoms with Crippen LogP contribution in [0, 0.1) is 18.4 Å². The van der Waals surface area contributed by atoms with E-state index in [4.69, 9.17) is 4.98 Å². The number of pyridine rings is 2. The van der Waals surface area contributed by atoms with Crippen molar-refractivity contribution in [1.29, 1.82) is 0 Å². The Labute approximate surface area is 202 Å². The summed E-state index contributed by atoms with van der Waals surface area (Å²) < 4.78 is 1.73. The number of fused-ring (bicyclic) bond motifs is 1. The average Bonchev–Trinajstić information content (AvgIpc) is 2.78. The summed E-state index contributed by atoms with van der Waals surface area (Å²) in [6, 6.07) is 3.85. The van der Waals surface area contributed by atoms with Crippen LogP contribution in [0.5, 0.6) is 0 Å². The molecular weight excluding hydrogens is 444 g/mol. The van der Waals surface area contributed by atoms with Crippen LogP contribution in [0.15, 0.2) is 40.7 Å². The summed E-state index contributed by atoms with van der Waals surface area (Å²) in [5.41, 5.74) is 8.26. The Hall–Kier alpha value is -2.43. The van der Waals surface area contributed by atoms with Gasteiger partial charge in [-0.15, -0.1) is 5.54 Å². The van der Waals surface area contributed by atoms with E-state index in [0.29, 0.717) is 39.5 Å². The molecule has 7 heteroatoms. The summed E-state index contributed by atoms with van der Waals surface area (Å²) in [5.74, 6) is 3.51. The lowest BCUT2D eigenvalue weighted by Gasteiger charge is -2.38. The molecule has 0 aliphatic heterocycles. The molecule has 3 aromatic rings. The SMILES string of the molecule is CSc1ncc2c(C#C[Si](C(C)C)(C(C)C)C(C)C)c(C)c(=O)n(Cc3cccnc3)c2n1. The zero-order chi connectivity index (χ0) is 24.3. The summed E-state index contributed by atoms with van der Waals surface area (Å²) in [6.45, 7) is 16.1. The number of nitrogens with zero attached hydrogens (tertiary/aromatic N) is 4. The van der Waals surface area contributed by atoms with E-state index >= 15 is 0 Å². The van der Waals surface area contributed by atoms with Gasteiger partial charge in [0.15, 0.2) is 5.16 Å². The van der Waals surface area contributed by atoms with Crippen molar-refractivity contribution >= 4 is 30.9 Å².